The lowest BCUT2D eigenvalue weighted by Crippen LogP contribution is -2.45. The maximum Gasteiger partial charge on any atom is 0.252 e. The number of benzene rings is 3. The van der Waals surface area contributed by atoms with Crippen molar-refractivity contribution in [3.63, 3.8) is 0 Å². The van der Waals surface area contributed by atoms with Crippen LogP contribution in [0.15, 0.2) is 96.2 Å². The highest BCUT2D eigenvalue weighted by atomic mass is 35.5. The van der Waals surface area contributed by atoms with Gasteiger partial charge in [0, 0.05) is 43.3 Å². The summed E-state index contributed by atoms with van der Waals surface area (Å²) in [6, 6.07) is 29.2. The minimum absolute atomic E-state index is 0.124. The summed E-state index contributed by atoms with van der Waals surface area (Å²) >= 11 is 7.89. The van der Waals surface area contributed by atoms with Gasteiger partial charge in [-0.2, -0.15) is 0 Å². The van der Waals surface area contributed by atoms with Crippen LogP contribution in [0.1, 0.15) is 45.9 Å². The summed E-state index contributed by atoms with van der Waals surface area (Å²) in [6.45, 7) is 2.90. The van der Waals surface area contributed by atoms with Crippen LogP contribution in [0.3, 0.4) is 0 Å². The van der Waals surface area contributed by atoms with Crippen LogP contribution < -0.4 is 10.2 Å². The molecular formula is C32H31ClN4O3S. The number of nitrogens with one attached hydrogen (secondary N) is 1. The predicted molar refractivity (Wildman–Crippen MR) is 161 cm³/mol. The van der Waals surface area contributed by atoms with E-state index in [1.165, 1.54) is 11.8 Å². The molecule has 0 saturated carbocycles. The van der Waals surface area contributed by atoms with Gasteiger partial charge in [0.05, 0.1) is 19.3 Å². The lowest BCUT2D eigenvalue weighted by molar-refractivity contribution is -0.169. The minimum Gasteiger partial charge on any atom is -0.356 e. The first-order valence-electron chi connectivity index (χ1n) is 13.8. The lowest BCUT2D eigenvalue weighted by atomic mass is 9.98. The fourth-order valence-electron chi connectivity index (χ4n) is 5.24. The Morgan fingerprint density at radius 2 is 1.51 bits per heavy atom. The lowest BCUT2D eigenvalue weighted by Gasteiger charge is -2.38. The van der Waals surface area contributed by atoms with E-state index in [4.69, 9.17) is 26.1 Å². The van der Waals surface area contributed by atoms with Crippen LogP contribution in [0.2, 0.25) is 5.15 Å². The Bertz CT molecular complexity index is 1420. The van der Waals surface area contributed by atoms with Crippen LogP contribution in [0.25, 0.3) is 0 Å². The molecule has 1 spiro atoms. The van der Waals surface area contributed by atoms with E-state index in [9.17, 15) is 4.79 Å². The Kier molecular flexibility index (Phi) is 8.53. The Morgan fingerprint density at radius 3 is 2.12 bits per heavy atom. The molecular weight excluding hydrogens is 556 g/mol. The molecule has 1 N–H and O–H groups in total. The fourth-order valence-corrected chi connectivity index (χ4v) is 6.28. The van der Waals surface area contributed by atoms with E-state index in [0.717, 1.165) is 48.4 Å². The van der Waals surface area contributed by atoms with Crippen molar-refractivity contribution >= 4 is 35.1 Å². The number of hydrogen-bond acceptors (Lipinski definition) is 7. The van der Waals surface area contributed by atoms with Gasteiger partial charge in [-0.1, -0.05) is 96.2 Å². The quantitative estimate of drug-likeness (QED) is 0.148. The van der Waals surface area contributed by atoms with Gasteiger partial charge in [0.1, 0.15) is 11.0 Å². The molecule has 0 unspecified atom stereocenters. The minimum atomic E-state index is -0.433. The summed E-state index contributed by atoms with van der Waals surface area (Å²) in [5.74, 6) is 0.918. The number of anilines is 1. The number of thioether (sulfide) groups is 1. The van der Waals surface area contributed by atoms with Crippen LogP contribution in [0.5, 0.6) is 0 Å². The number of hydrogen-bond donors (Lipinski definition) is 1. The van der Waals surface area contributed by atoms with Gasteiger partial charge < -0.3 is 19.7 Å². The Morgan fingerprint density at radius 1 is 0.902 bits per heavy atom. The van der Waals surface area contributed by atoms with Crippen molar-refractivity contribution in [3.8, 4) is 0 Å². The van der Waals surface area contributed by atoms with Crippen molar-refractivity contribution in [2.75, 3.05) is 31.2 Å². The molecule has 0 aliphatic carbocycles. The Balaban J connectivity index is 1.08. The maximum atomic E-state index is 13.2. The van der Waals surface area contributed by atoms with Crippen molar-refractivity contribution in [2.24, 2.45) is 0 Å². The molecule has 2 fully saturated rings. The van der Waals surface area contributed by atoms with E-state index < -0.39 is 5.79 Å². The average Bonchev–Trinajstić information content (AvgIpc) is 3.47. The summed E-state index contributed by atoms with van der Waals surface area (Å²) < 4.78 is 11.7. The summed E-state index contributed by atoms with van der Waals surface area (Å²) in [4.78, 5) is 24.6. The molecule has 2 aliphatic heterocycles. The van der Waals surface area contributed by atoms with Crippen molar-refractivity contribution < 1.29 is 14.3 Å². The number of halogens is 1. The van der Waals surface area contributed by atoms with Gasteiger partial charge in [-0.05, 0) is 28.8 Å². The summed E-state index contributed by atoms with van der Waals surface area (Å²) in [6.07, 6.45) is 1.60. The zero-order valence-corrected chi connectivity index (χ0v) is 24.1. The molecule has 0 radical (unpaired) electrons. The number of amides is 1. The third-order valence-electron chi connectivity index (χ3n) is 7.45. The van der Waals surface area contributed by atoms with E-state index in [1.54, 1.807) is 0 Å². The highest BCUT2D eigenvalue weighted by Crippen LogP contribution is 2.34. The Hall–Kier alpha value is -3.43. The van der Waals surface area contributed by atoms with Crippen LogP contribution in [0, 0.1) is 0 Å². The molecule has 210 valence electrons. The van der Waals surface area contributed by atoms with E-state index in [0.29, 0.717) is 34.8 Å². The maximum absolute atomic E-state index is 13.2. The van der Waals surface area contributed by atoms with Gasteiger partial charge in [0.25, 0.3) is 5.91 Å². The third-order valence-corrected chi connectivity index (χ3v) is 8.56. The monoisotopic (exact) mass is 586 g/mol. The Labute approximate surface area is 249 Å². The summed E-state index contributed by atoms with van der Waals surface area (Å²) in [7, 11) is 0. The van der Waals surface area contributed by atoms with Crippen molar-refractivity contribution in [1.29, 1.82) is 0 Å². The standard InChI is InChI=1S/C32H31ClN4O3S/c33-27-21-28(37-17-15-32(16-18-37)39-19-20-40-32)35-31(34-27)41-22-23-11-13-26(14-12-23)30(38)36-29(24-7-3-1-4-8-24)25-9-5-2-6-10-25/h1-14,21,29H,15-20,22H2,(H,36,38). The van der Waals surface area contributed by atoms with Gasteiger partial charge >= 0.3 is 0 Å². The molecule has 0 bridgehead atoms. The zero-order valence-electron chi connectivity index (χ0n) is 22.5. The first-order chi connectivity index (χ1) is 20.1. The molecule has 1 amide bonds. The molecule has 6 rings (SSSR count). The highest BCUT2D eigenvalue weighted by Gasteiger charge is 2.40. The van der Waals surface area contributed by atoms with Gasteiger partial charge in [0.2, 0.25) is 0 Å². The van der Waals surface area contributed by atoms with Crippen molar-refractivity contribution in [2.45, 2.75) is 35.6 Å². The normalized spacial score (nSPS) is 16.3. The summed E-state index contributed by atoms with van der Waals surface area (Å²) in [5.41, 5.74) is 3.74. The third kappa shape index (κ3) is 6.73. The first-order valence-corrected chi connectivity index (χ1v) is 15.1. The van der Waals surface area contributed by atoms with E-state index in [-0.39, 0.29) is 11.9 Å². The molecule has 1 aromatic heterocycles. The van der Waals surface area contributed by atoms with Gasteiger partial charge in [-0.15, -0.1) is 0 Å². The second-order valence-corrected chi connectivity index (χ2v) is 11.5. The topological polar surface area (TPSA) is 76.6 Å². The predicted octanol–water partition coefficient (Wildman–Crippen LogP) is 6.29. The van der Waals surface area contributed by atoms with Crippen molar-refractivity contribution in [1.82, 2.24) is 15.3 Å². The molecule has 2 aliphatic rings. The largest absolute Gasteiger partial charge is 0.356 e. The second-order valence-electron chi connectivity index (χ2n) is 10.1. The number of nitrogens with zero attached hydrogens (tertiary/aromatic N) is 3. The number of ether oxygens (including phenoxy) is 2. The number of piperidine rings is 1. The molecule has 41 heavy (non-hydrogen) atoms. The second kappa shape index (κ2) is 12.6. The molecule has 4 aromatic rings. The zero-order chi connectivity index (χ0) is 28.1. The molecule has 2 saturated heterocycles. The number of carbonyl (C=O) groups excluding carboxylic acids is 1. The summed E-state index contributed by atoms with van der Waals surface area (Å²) in [5, 5.41) is 4.25. The highest BCUT2D eigenvalue weighted by molar-refractivity contribution is 7.98. The molecule has 9 heteroatoms. The fraction of sp³-hybridized carbons (Fsp3) is 0.281. The van der Waals surface area contributed by atoms with Crippen LogP contribution >= 0.6 is 23.4 Å². The van der Waals surface area contributed by atoms with Crippen molar-refractivity contribution in [3.05, 3.63) is 118 Å². The number of aromatic nitrogens is 2. The van der Waals surface area contributed by atoms with E-state index in [1.807, 2.05) is 91.0 Å². The smallest absolute Gasteiger partial charge is 0.252 e. The number of carbonyl (C=O) groups is 1. The van der Waals surface area contributed by atoms with E-state index >= 15 is 0 Å². The van der Waals surface area contributed by atoms with Gasteiger partial charge in [0.15, 0.2) is 10.9 Å². The first kappa shape index (κ1) is 27.7. The van der Waals surface area contributed by atoms with Gasteiger partial charge in [-0.3, -0.25) is 4.79 Å². The van der Waals surface area contributed by atoms with Gasteiger partial charge in [-0.25, -0.2) is 9.97 Å². The van der Waals surface area contributed by atoms with Crippen LogP contribution in [-0.4, -0.2) is 48.0 Å². The van der Waals surface area contributed by atoms with Crippen LogP contribution in [-0.2, 0) is 15.2 Å². The number of rotatable bonds is 8. The van der Waals surface area contributed by atoms with Crippen LogP contribution in [0.4, 0.5) is 5.82 Å². The molecule has 3 heterocycles. The molecule has 7 nitrogen and oxygen atoms in total. The van der Waals surface area contributed by atoms with E-state index in [2.05, 4.69) is 15.2 Å². The SMILES string of the molecule is O=C(NC(c1ccccc1)c1ccccc1)c1ccc(CSc2nc(Cl)cc(N3CCC4(CC3)OCCO4)n2)cc1. The molecule has 0 atom stereocenters. The molecule has 3 aromatic carbocycles. The average molecular weight is 587 g/mol.